The lowest BCUT2D eigenvalue weighted by Crippen LogP contribution is -2.32. The molecule has 0 amide bonds. The molecule has 1 aliphatic heterocycles. The van der Waals surface area contributed by atoms with E-state index in [9.17, 15) is 0 Å². The van der Waals surface area contributed by atoms with Crippen LogP contribution in [0.15, 0.2) is 223 Å². The molecule has 1 fully saturated rings. The molecule has 0 bridgehead atoms. The van der Waals surface area contributed by atoms with Crippen LogP contribution in [0.4, 0.5) is 11.4 Å². The van der Waals surface area contributed by atoms with Gasteiger partial charge in [-0.3, -0.25) is 0 Å². The summed E-state index contributed by atoms with van der Waals surface area (Å²) in [7, 11) is 0. The summed E-state index contributed by atoms with van der Waals surface area (Å²) in [6.07, 6.45) is 6.46. The van der Waals surface area contributed by atoms with Gasteiger partial charge in [0.1, 0.15) is 22.7 Å². The molecule has 0 N–H and O–H groups in total. The maximum Gasteiger partial charge on any atom is 0.140 e. The van der Waals surface area contributed by atoms with Crippen LogP contribution in [0.2, 0.25) is 0 Å². The number of hydrogen-bond donors (Lipinski definition) is 0. The van der Waals surface area contributed by atoms with Crippen LogP contribution in [0.5, 0.6) is 11.5 Å². The summed E-state index contributed by atoms with van der Waals surface area (Å²) in [4.78, 5) is 2.52. The van der Waals surface area contributed by atoms with E-state index >= 15 is 0 Å². The fourth-order valence-electron chi connectivity index (χ4n) is 12.9. The zero-order valence-electron chi connectivity index (χ0n) is 39.8. The van der Waals surface area contributed by atoms with E-state index in [2.05, 4.69) is 223 Å². The van der Waals surface area contributed by atoms with Gasteiger partial charge < -0.3 is 14.1 Å². The van der Waals surface area contributed by atoms with E-state index in [1.54, 1.807) is 0 Å². The molecular weight excluding hydrogens is 895 g/mol. The average molecular weight is 944 g/mol. The second-order valence-corrected chi connectivity index (χ2v) is 21.2. The summed E-state index contributed by atoms with van der Waals surface area (Å²) in [5, 5.41) is 4.89. The van der Waals surface area contributed by atoms with Gasteiger partial charge in [0, 0.05) is 65.6 Å². The molecule has 344 valence electrons. The molecule has 72 heavy (non-hydrogen) atoms. The van der Waals surface area contributed by atoms with Crippen molar-refractivity contribution in [3.63, 3.8) is 0 Å². The molecule has 1 saturated carbocycles. The normalized spacial score (nSPS) is 14.6. The maximum absolute atomic E-state index is 7.48. The average Bonchev–Trinajstić information content (AvgIpc) is 4.11. The maximum atomic E-state index is 7.48. The summed E-state index contributed by atoms with van der Waals surface area (Å²) >= 11 is 1.86. The van der Waals surface area contributed by atoms with Gasteiger partial charge in [-0.1, -0.05) is 171 Å². The highest BCUT2D eigenvalue weighted by Gasteiger charge is 2.51. The van der Waals surface area contributed by atoms with Crippen LogP contribution in [0.25, 0.3) is 75.5 Å². The summed E-state index contributed by atoms with van der Waals surface area (Å²) in [6.45, 7) is 0.575. The van der Waals surface area contributed by atoms with Crippen LogP contribution in [0, 0.1) is 0 Å². The number of furan rings is 1. The lowest BCUT2D eigenvalue weighted by Gasteiger charge is -2.40. The summed E-state index contributed by atoms with van der Waals surface area (Å²) in [5.74, 6) is 2.38. The number of para-hydroxylation sites is 1. The first kappa shape index (κ1) is 41.6. The Morgan fingerprint density at radius 3 is 1.92 bits per heavy atom. The first-order valence-corrected chi connectivity index (χ1v) is 26.4. The third-order valence-corrected chi connectivity index (χ3v) is 17.4. The molecule has 2 aromatic heterocycles. The van der Waals surface area contributed by atoms with Crippen molar-refractivity contribution in [1.29, 1.82) is 0 Å². The highest BCUT2D eigenvalue weighted by Crippen LogP contribution is 2.63. The van der Waals surface area contributed by atoms with Crippen molar-refractivity contribution in [1.82, 2.24) is 0 Å². The van der Waals surface area contributed by atoms with Crippen LogP contribution < -0.4 is 9.64 Å². The third kappa shape index (κ3) is 6.35. The zero-order chi connectivity index (χ0) is 47.3. The number of fused-ring (bicyclic) bond motifs is 15. The van der Waals surface area contributed by atoms with Gasteiger partial charge in [0.2, 0.25) is 0 Å². The van der Waals surface area contributed by atoms with Crippen molar-refractivity contribution < 1.29 is 9.15 Å². The minimum absolute atomic E-state index is 0.575. The van der Waals surface area contributed by atoms with E-state index in [0.29, 0.717) is 12.5 Å². The minimum Gasteiger partial charge on any atom is -0.456 e. The number of hydrogen-bond acceptors (Lipinski definition) is 4. The minimum atomic E-state index is -0.601. The number of rotatable bonds is 7. The van der Waals surface area contributed by atoms with Crippen LogP contribution in [0.1, 0.15) is 71.4 Å². The summed E-state index contributed by atoms with van der Waals surface area (Å²) in [6, 6.07) is 81.0. The van der Waals surface area contributed by atoms with E-state index in [4.69, 9.17) is 9.15 Å². The van der Waals surface area contributed by atoms with Crippen molar-refractivity contribution in [3.8, 4) is 44.9 Å². The van der Waals surface area contributed by atoms with Gasteiger partial charge >= 0.3 is 0 Å². The van der Waals surface area contributed by atoms with E-state index in [1.807, 2.05) is 11.3 Å². The molecule has 0 unspecified atom stereocenters. The molecule has 3 nitrogen and oxygen atoms in total. The molecule has 3 aliphatic rings. The fraction of sp³-hybridized carbons (Fsp3) is 0.118. The molecule has 12 aromatic rings. The fourth-order valence-corrected chi connectivity index (χ4v) is 14.0. The van der Waals surface area contributed by atoms with Crippen LogP contribution in [-0.2, 0) is 12.0 Å². The molecule has 1 spiro atoms. The topological polar surface area (TPSA) is 25.6 Å². The van der Waals surface area contributed by atoms with E-state index in [1.165, 1.54) is 96.6 Å². The molecule has 0 radical (unpaired) electrons. The van der Waals surface area contributed by atoms with E-state index in [0.717, 1.165) is 67.2 Å². The molecule has 10 aromatic carbocycles. The van der Waals surface area contributed by atoms with Gasteiger partial charge in [0.15, 0.2) is 0 Å². The van der Waals surface area contributed by atoms with Crippen LogP contribution in [0.3, 0.4) is 0 Å². The number of benzene rings is 10. The highest BCUT2D eigenvalue weighted by molar-refractivity contribution is 7.25. The van der Waals surface area contributed by atoms with Crippen molar-refractivity contribution >= 4 is 64.8 Å². The zero-order valence-corrected chi connectivity index (χ0v) is 40.6. The molecule has 4 heteroatoms. The first-order chi connectivity index (χ1) is 35.7. The molecule has 0 atom stereocenters. The molecular formula is C68H49NO2S. The number of nitrogens with zero attached hydrogens (tertiary/aromatic N) is 1. The Bertz CT molecular complexity index is 4070. The third-order valence-electron chi connectivity index (χ3n) is 16.2. The Balaban J connectivity index is 0.981. The first-order valence-electron chi connectivity index (χ1n) is 25.6. The van der Waals surface area contributed by atoms with Crippen LogP contribution >= 0.6 is 11.3 Å². The van der Waals surface area contributed by atoms with Gasteiger partial charge in [-0.2, -0.15) is 0 Å². The molecule has 3 heterocycles. The van der Waals surface area contributed by atoms with Gasteiger partial charge in [-0.15, -0.1) is 11.3 Å². The highest BCUT2D eigenvalue weighted by atomic mass is 32.1. The van der Waals surface area contributed by atoms with Gasteiger partial charge in [0.05, 0.1) is 5.41 Å². The molecule has 2 aliphatic carbocycles. The Morgan fingerprint density at radius 2 is 1.10 bits per heavy atom. The van der Waals surface area contributed by atoms with E-state index < -0.39 is 5.41 Å². The van der Waals surface area contributed by atoms with Crippen LogP contribution in [-0.4, -0.2) is 0 Å². The number of thiophene rings is 1. The molecule has 0 saturated heterocycles. The Morgan fingerprint density at radius 1 is 0.458 bits per heavy atom. The van der Waals surface area contributed by atoms with Crippen molar-refractivity contribution in [2.45, 2.75) is 50.0 Å². The van der Waals surface area contributed by atoms with Gasteiger partial charge in [-0.25, -0.2) is 0 Å². The Labute approximate surface area is 423 Å². The smallest absolute Gasteiger partial charge is 0.140 e. The Kier molecular flexibility index (Phi) is 9.50. The Hall–Kier alpha value is -8.18. The van der Waals surface area contributed by atoms with Gasteiger partial charge in [0.25, 0.3) is 0 Å². The lowest BCUT2D eigenvalue weighted by molar-refractivity contribution is 0.437. The van der Waals surface area contributed by atoms with Crippen molar-refractivity contribution in [2.75, 3.05) is 4.90 Å². The number of anilines is 2. The molecule has 15 rings (SSSR count). The lowest BCUT2D eigenvalue weighted by atomic mass is 9.65. The number of ether oxygens (including phenoxy) is 1. The van der Waals surface area contributed by atoms with Gasteiger partial charge in [-0.05, 0) is 136 Å². The second-order valence-electron chi connectivity index (χ2n) is 20.1. The second kappa shape index (κ2) is 16.4. The standard InChI is InChI=1S/C68H49NO2S/c1-3-16-43(17-4-1)45-20-15-21-47(38-45)66-48(30-34-60-67(66)71-63-28-13-12-27-59(63)68(60)57-25-10-7-22-51(57)52-23-8-11-26-58(52)68)42-69(50-33-37-65-56(41-50)53-24-9-14-29-64(53)72-65)49-32-36-62-55(40-49)54-39-46(31-35-61(54)70-62)44-18-5-2-6-19-44/h1,3-4,7-17,20-41,44H,2,5-6,18-19,42H2. The van der Waals surface area contributed by atoms with E-state index in [-0.39, 0.29) is 0 Å². The monoisotopic (exact) mass is 943 g/mol. The predicted molar refractivity (Wildman–Crippen MR) is 299 cm³/mol. The summed E-state index contributed by atoms with van der Waals surface area (Å²) < 4.78 is 16.7. The predicted octanol–water partition coefficient (Wildman–Crippen LogP) is 19.1. The largest absolute Gasteiger partial charge is 0.456 e. The van der Waals surface area contributed by atoms with Crippen molar-refractivity contribution in [2.24, 2.45) is 0 Å². The summed E-state index contributed by atoms with van der Waals surface area (Å²) in [5.41, 5.74) is 18.1. The quantitative estimate of drug-likeness (QED) is 0.159. The van der Waals surface area contributed by atoms with Crippen molar-refractivity contribution in [3.05, 3.63) is 252 Å². The SMILES string of the molecule is c1ccc(-c2cccc(-c3c(CN(c4ccc5oc6ccc(C7CCCCC7)cc6c5c4)c4ccc5sc6ccccc6c5c4)ccc4c3Oc3ccccc3C43c4ccccc4-c4ccccc43)c2)cc1.